The molecule has 2 aliphatic heterocycles. The lowest BCUT2D eigenvalue weighted by Gasteiger charge is -2.31. The van der Waals surface area contributed by atoms with E-state index in [0.29, 0.717) is 5.92 Å². The summed E-state index contributed by atoms with van der Waals surface area (Å²) >= 11 is 0. The summed E-state index contributed by atoms with van der Waals surface area (Å²) < 4.78 is 5.91. The number of fused-ring (bicyclic) bond motifs is 1. The number of benzene rings is 1. The summed E-state index contributed by atoms with van der Waals surface area (Å²) in [5.74, 6) is 1.58. The van der Waals surface area contributed by atoms with Gasteiger partial charge in [-0.2, -0.15) is 0 Å². The van der Waals surface area contributed by atoms with Crippen molar-refractivity contribution in [3.05, 3.63) is 29.3 Å². The van der Waals surface area contributed by atoms with Crippen LogP contribution in [0.5, 0.6) is 5.75 Å². The van der Waals surface area contributed by atoms with Gasteiger partial charge in [0.2, 0.25) is 5.91 Å². The van der Waals surface area contributed by atoms with Crippen LogP contribution in [0, 0.1) is 0 Å². The second kappa shape index (κ2) is 5.83. The minimum atomic E-state index is -0.0850. The van der Waals surface area contributed by atoms with Crippen molar-refractivity contribution in [1.82, 2.24) is 10.6 Å². The van der Waals surface area contributed by atoms with Gasteiger partial charge in [0.05, 0.1) is 12.6 Å². The Kier molecular flexibility index (Phi) is 3.92. The second-order valence-corrected chi connectivity index (χ2v) is 5.63. The summed E-state index contributed by atoms with van der Waals surface area (Å²) in [6.07, 6.45) is 4.11. The minimum absolute atomic E-state index is 0.0837. The lowest BCUT2D eigenvalue weighted by molar-refractivity contribution is -0.123. The number of hydrogen-bond acceptors (Lipinski definition) is 3. The van der Waals surface area contributed by atoms with Gasteiger partial charge >= 0.3 is 0 Å². The number of likely N-dealkylation sites (N-methyl/N-ethyl adjacent to an activating group) is 1. The number of para-hydroxylation sites is 1. The molecule has 4 nitrogen and oxygen atoms in total. The summed E-state index contributed by atoms with van der Waals surface area (Å²) in [7, 11) is 1.70. The molecule has 4 heteroatoms. The first-order chi connectivity index (χ1) is 9.79. The maximum absolute atomic E-state index is 11.8. The van der Waals surface area contributed by atoms with Crippen LogP contribution in [0.1, 0.15) is 36.3 Å². The molecule has 0 saturated carbocycles. The van der Waals surface area contributed by atoms with Gasteiger partial charge in [0.1, 0.15) is 5.75 Å². The van der Waals surface area contributed by atoms with E-state index in [9.17, 15) is 4.79 Å². The average molecular weight is 274 g/mol. The van der Waals surface area contributed by atoms with Gasteiger partial charge in [0, 0.05) is 7.05 Å². The standard InChI is InChI=1S/C16H22N2O2/c1-17-16(19)14-10-12(7-8-18-14)13-6-2-4-11-5-3-9-20-15(11)13/h2,4,6,12,14,18H,3,5,7-10H2,1H3,(H,17,19). The van der Waals surface area contributed by atoms with Gasteiger partial charge in [-0.25, -0.2) is 0 Å². The summed E-state index contributed by atoms with van der Waals surface area (Å²) in [6, 6.07) is 6.37. The Balaban J connectivity index is 1.83. The van der Waals surface area contributed by atoms with E-state index in [4.69, 9.17) is 4.74 Å². The van der Waals surface area contributed by atoms with Crippen LogP contribution in [0.3, 0.4) is 0 Å². The van der Waals surface area contributed by atoms with Crippen LogP contribution in [-0.4, -0.2) is 32.1 Å². The highest BCUT2D eigenvalue weighted by Crippen LogP contribution is 2.38. The first kappa shape index (κ1) is 13.4. The van der Waals surface area contributed by atoms with Crippen LogP contribution in [-0.2, 0) is 11.2 Å². The number of carbonyl (C=O) groups excluding carboxylic acids is 1. The molecule has 2 atom stereocenters. The van der Waals surface area contributed by atoms with Crippen LogP contribution >= 0.6 is 0 Å². The van der Waals surface area contributed by atoms with Crippen molar-refractivity contribution in [2.75, 3.05) is 20.2 Å². The normalized spacial score (nSPS) is 25.4. The van der Waals surface area contributed by atoms with E-state index in [2.05, 4.69) is 28.8 Å². The zero-order valence-electron chi connectivity index (χ0n) is 11.9. The van der Waals surface area contributed by atoms with E-state index < -0.39 is 0 Å². The number of rotatable bonds is 2. The molecule has 2 heterocycles. The predicted octanol–water partition coefficient (Wildman–Crippen LogP) is 1.59. The number of piperidine rings is 1. The first-order valence-electron chi connectivity index (χ1n) is 7.49. The Hall–Kier alpha value is -1.55. The van der Waals surface area contributed by atoms with Crippen molar-refractivity contribution >= 4 is 5.91 Å². The molecule has 1 aromatic carbocycles. The van der Waals surface area contributed by atoms with E-state index in [1.807, 2.05) is 0 Å². The average Bonchev–Trinajstić information content (AvgIpc) is 2.53. The lowest BCUT2D eigenvalue weighted by Crippen LogP contribution is -2.47. The Morgan fingerprint density at radius 2 is 2.35 bits per heavy atom. The van der Waals surface area contributed by atoms with Crippen molar-refractivity contribution in [2.24, 2.45) is 0 Å². The zero-order chi connectivity index (χ0) is 13.9. The monoisotopic (exact) mass is 274 g/mol. The summed E-state index contributed by atoms with van der Waals surface area (Å²) in [5.41, 5.74) is 2.61. The molecule has 0 aliphatic carbocycles. The maximum Gasteiger partial charge on any atom is 0.236 e. The van der Waals surface area contributed by atoms with E-state index in [1.54, 1.807) is 7.05 Å². The quantitative estimate of drug-likeness (QED) is 0.861. The number of aryl methyl sites for hydroxylation is 1. The van der Waals surface area contributed by atoms with Crippen molar-refractivity contribution in [1.29, 1.82) is 0 Å². The molecule has 1 fully saturated rings. The fourth-order valence-electron chi connectivity index (χ4n) is 3.31. The summed E-state index contributed by atoms with van der Waals surface area (Å²) in [5, 5.41) is 6.03. The highest BCUT2D eigenvalue weighted by atomic mass is 16.5. The summed E-state index contributed by atoms with van der Waals surface area (Å²) in [6.45, 7) is 1.69. The van der Waals surface area contributed by atoms with Gasteiger partial charge in [0.25, 0.3) is 0 Å². The van der Waals surface area contributed by atoms with Crippen LogP contribution in [0.25, 0.3) is 0 Å². The van der Waals surface area contributed by atoms with Crippen LogP contribution in [0.15, 0.2) is 18.2 Å². The van der Waals surface area contributed by atoms with Crippen LogP contribution in [0.4, 0.5) is 0 Å². The molecule has 1 saturated heterocycles. The number of carbonyl (C=O) groups is 1. The molecule has 0 aromatic heterocycles. The minimum Gasteiger partial charge on any atom is -0.493 e. The topological polar surface area (TPSA) is 50.4 Å². The van der Waals surface area contributed by atoms with E-state index in [0.717, 1.165) is 44.6 Å². The third-order valence-corrected chi connectivity index (χ3v) is 4.37. The molecule has 20 heavy (non-hydrogen) atoms. The Labute approximate surface area is 119 Å². The molecule has 3 rings (SSSR count). The smallest absolute Gasteiger partial charge is 0.236 e. The third kappa shape index (κ3) is 2.52. The van der Waals surface area contributed by atoms with Crippen LogP contribution in [0.2, 0.25) is 0 Å². The molecule has 2 aliphatic rings. The largest absolute Gasteiger partial charge is 0.493 e. The SMILES string of the molecule is CNC(=O)C1CC(c2cccc3c2OCCC3)CCN1. The van der Waals surface area contributed by atoms with Gasteiger partial charge in [0.15, 0.2) is 0 Å². The number of amides is 1. The Morgan fingerprint density at radius 3 is 3.20 bits per heavy atom. The van der Waals surface area contributed by atoms with Gasteiger partial charge in [-0.1, -0.05) is 18.2 Å². The molecule has 2 unspecified atom stereocenters. The van der Waals surface area contributed by atoms with Gasteiger partial charge in [-0.15, -0.1) is 0 Å². The molecule has 1 aromatic rings. The van der Waals surface area contributed by atoms with Gasteiger partial charge < -0.3 is 15.4 Å². The molecule has 108 valence electrons. The van der Waals surface area contributed by atoms with Crippen molar-refractivity contribution in [3.8, 4) is 5.75 Å². The molecule has 0 bridgehead atoms. The second-order valence-electron chi connectivity index (χ2n) is 5.63. The van der Waals surface area contributed by atoms with Crippen molar-refractivity contribution in [2.45, 2.75) is 37.6 Å². The highest BCUT2D eigenvalue weighted by Gasteiger charge is 2.29. The summed E-state index contributed by atoms with van der Waals surface area (Å²) in [4.78, 5) is 11.8. The Bertz CT molecular complexity index is 501. The van der Waals surface area contributed by atoms with E-state index in [-0.39, 0.29) is 11.9 Å². The molecule has 0 radical (unpaired) electrons. The first-order valence-corrected chi connectivity index (χ1v) is 7.49. The molecule has 0 spiro atoms. The van der Waals surface area contributed by atoms with Crippen molar-refractivity contribution < 1.29 is 9.53 Å². The Morgan fingerprint density at radius 1 is 1.45 bits per heavy atom. The molecule has 2 N–H and O–H groups in total. The fraction of sp³-hybridized carbons (Fsp3) is 0.562. The lowest BCUT2D eigenvalue weighted by atomic mass is 9.84. The van der Waals surface area contributed by atoms with Gasteiger partial charge in [-0.3, -0.25) is 4.79 Å². The van der Waals surface area contributed by atoms with Gasteiger partial charge in [-0.05, 0) is 49.3 Å². The van der Waals surface area contributed by atoms with Crippen molar-refractivity contribution in [3.63, 3.8) is 0 Å². The molecular weight excluding hydrogens is 252 g/mol. The van der Waals surface area contributed by atoms with E-state index in [1.165, 1.54) is 11.1 Å². The molecule has 1 amide bonds. The molecular formula is C16H22N2O2. The number of nitrogens with one attached hydrogen (secondary N) is 2. The maximum atomic E-state index is 11.8. The number of hydrogen-bond donors (Lipinski definition) is 2. The van der Waals surface area contributed by atoms with Crippen LogP contribution < -0.4 is 15.4 Å². The predicted molar refractivity (Wildman–Crippen MR) is 78.1 cm³/mol. The zero-order valence-corrected chi connectivity index (χ0v) is 11.9. The third-order valence-electron chi connectivity index (χ3n) is 4.37. The number of ether oxygens (including phenoxy) is 1. The fourth-order valence-corrected chi connectivity index (χ4v) is 3.31. The highest BCUT2D eigenvalue weighted by molar-refractivity contribution is 5.81. The van der Waals surface area contributed by atoms with E-state index >= 15 is 0 Å².